The monoisotopic (exact) mass is 460 g/mol. The SMILES string of the molecule is C[C@H](N)C(=O)N[C@@H](C)C(=O)N[C@@H](Cc1c[nH]cn1)C(=O)N[C@@H](Cc1ccc(O)cc1)C(=O)O. The number of aliphatic carboxylic acids is 1. The highest BCUT2D eigenvalue weighted by Crippen LogP contribution is 2.12. The van der Waals surface area contributed by atoms with E-state index >= 15 is 0 Å². The van der Waals surface area contributed by atoms with Crippen molar-refractivity contribution in [2.45, 2.75) is 50.9 Å². The van der Waals surface area contributed by atoms with E-state index in [0.717, 1.165) is 0 Å². The molecule has 0 aliphatic carbocycles. The lowest BCUT2D eigenvalue weighted by atomic mass is 10.0. The third kappa shape index (κ3) is 7.92. The number of imidazole rings is 1. The zero-order valence-corrected chi connectivity index (χ0v) is 18.2. The van der Waals surface area contributed by atoms with Crippen LogP contribution in [-0.4, -0.2) is 68.0 Å². The van der Waals surface area contributed by atoms with Gasteiger partial charge in [-0.15, -0.1) is 0 Å². The maximum Gasteiger partial charge on any atom is 0.326 e. The molecule has 1 aromatic carbocycles. The van der Waals surface area contributed by atoms with Gasteiger partial charge in [-0.1, -0.05) is 12.1 Å². The predicted octanol–water partition coefficient (Wildman–Crippen LogP) is -1.19. The van der Waals surface area contributed by atoms with Gasteiger partial charge in [0.05, 0.1) is 18.1 Å². The number of nitrogens with one attached hydrogen (secondary N) is 4. The van der Waals surface area contributed by atoms with Crippen LogP contribution < -0.4 is 21.7 Å². The molecule has 4 atom stereocenters. The van der Waals surface area contributed by atoms with Crippen LogP contribution in [0.4, 0.5) is 0 Å². The number of amides is 3. The highest BCUT2D eigenvalue weighted by atomic mass is 16.4. The molecule has 3 amide bonds. The Kier molecular flexibility index (Phi) is 8.92. The van der Waals surface area contributed by atoms with Crippen LogP contribution in [0.1, 0.15) is 25.1 Å². The zero-order chi connectivity index (χ0) is 24.5. The van der Waals surface area contributed by atoms with Crippen LogP contribution in [0, 0.1) is 0 Å². The third-order valence-corrected chi connectivity index (χ3v) is 4.76. The fourth-order valence-electron chi connectivity index (χ4n) is 2.87. The second-order valence-electron chi connectivity index (χ2n) is 7.61. The molecule has 0 radical (unpaired) electrons. The molecule has 2 rings (SSSR count). The topological polar surface area (TPSA) is 200 Å². The van der Waals surface area contributed by atoms with Gasteiger partial charge >= 0.3 is 5.97 Å². The summed E-state index contributed by atoms with van der Waals surface area (Å²) in [6, 6.07) is 1.67. The highest BCUT2D eigenvalue weighted by molar-refractivity contribution is 5.94. The number of nitrogens with two attached hydrogens (primary N) is 1. The fourth-order valence-corrected chi connectivity index (χ4v) is 2.87. The number of rotatable bonds is 11. The predicted molar refractivity (Wildman–Crippen MR) is 117 cm³/mol. The molecule has 0 saturated carbocycles. The average Bonchev–Trinajstić information content (AvgIpc) is 3.27. The quantitative estimate of drug-likeness (QED) is 0.217. The molecule has 2 aromatic rings. The number of carbonyl (C=O) groups excluding carboxylic acids is 3. The van der Waals surface area contributed by atoms with Crippen molar-refractivity contribution >= 4 is 23.7 Å². The number of benzene rings is 1. The van der Waals surface area contributed by atoms with E-state index in [1.165, 1.54) is 32.3 Å². The summed E-state index contributed by atoms with van der Waals surface area (Å²) in [4.78, 5) is 55.8. The molecule has 8 N–H and O–H groups in total. The number of carboxylic acid groups (broad SMARTS) is 1. The van der Waals surface area contributed by atoms with Gasteiger partial charge in [0, 0.05) is 19.0 Å². The Morgan fingerprint density at radius 2 is 1.61 bits per heavy atom. The summed E-state index contributed by atoms with van der Waals surface area (Å²) >= 11 is 0. The summed E-state index contributed by atoms with van der Waals surface area (Å²) in [6.45, 7) is 2.90. The van der Waals surface area contributed by atoms with Crippen molar-refractivity contribution in [2.24, 2.45) is 5.73 Å². The van der Waals surface area contributed by atoms with Crippen LogP contribution in [0.15, 0.2) is 36.8 Å². The summed E-state index contributed by atoms with van der Waals surface area (Å²) in [5, 5.41) is 26.4. The van der Waals surface area contributed by atoms with Gasteiger partial charge in [0.1, 0.15) is 23.9 Å². The summed E-state index contributed by atoms with van der Waals surface area (Å²) in [7, 11) is 0. The lowest BCUT2D eigenvalue weighted by Crippen LogP contribution is -2.57. The van der Waals surface area contributed by atoms with E-state index in [-0.39, 0.29) is 18.6 Å². The van der Waals surface area contributed by atoms with Crippen LogP contribution in [0.5, 0.6) is 5.75 Å². The van der Waals surface area contributed by atoms with E-state index in [1.54, 1.807) is 18.3 Å². The Bertz CT molecular complexity index is 960. The largest absolute Gasteiger partial charge is 0.508 e. The van der Waals surface area contributed by atoms with Crippen molar-refractivity contribution in [1.82, 2.24) is 25.9 Å². The minimum Gasteiger partial charge on any atom is -0.508 e. The summed E-state index contributed by atoms with van der Waals surface area (Å²) in [5.41, 5.74) is 6.54. The first-order valence-corrected chi connectivity index (χ1v) is 10.2. The molecule has 1 aromatic heterocycles. The van der Waals surface area contributed by atoms with Crippen LogP contribution >= 0.6 is 0 Å². The molecular weight excluding hydrogens is 432 g/mol. The van der Waals surface area contributed by atoms with E-state index in [0.29, 0.717) is 11.3 Å². The number of aromatic hydroxyl groups is 1. The lowest BCUT2D eigenvalue weighted by molar-refractivity contribution is -0.142. The molecular formula is C21H28N6O6. The number of aromatic amines is 1. The van der Waals surface area contributed by atoms with E-state index in [4.69, 9.17) is 5.73 Å². The Balaban J connectivity index is 2.12. The van der Waals surface area contributed by atoms with Crippen LogP contribution in [0.25, 0.3) is 0 Å². The van der Waals surface area contributed by atoms with Crippen molar-refractivity contribution in [1.29, 1.82) is 0 Å². The van der Waals surface area contributed by atoms with Gasteiger partial charge in [-0.2, -0.15) is 0 Å². The van der Waals surface area contributed by atoms with Gasteiger partial charge in [-0.3, -0.25) is 14.4 Å². The second-order valence-corrected chi connectivity index (χ2v) is 7.61. The van der Waals surface area contributed by atoms with Gasteiger partial charge in [-0.25, -0.2) is 9.78 Å². The van der Waals surface area contributed by atoms with Crippen molar-refractivity contribution in [3.05, 3.63) is 48.0 Å². The zero-order valence-electron chi connectivity index (χ0n) is 18.2. The Morgan fingerprint density at radius 1 is 0.970 bits per heavy atom. The molecule has 33 heavy (non-hydrogen) atoms. The Morgan fingerprint density at radius 3 is 2.15 bits per heavy atom. The molecule has 1 heterocycles. The maximum atomic E-state index is 12.9. The van der Waals surface area contributed by atoms with Gasteiger partial charge in [0.25, 0.3) is 0 Å². The molecule has 0 unspecified atom stereocenters. The molecule has 12 nitrogen and oxygen atoms in total. The van der Waals surface area contributed by atoms with Crippen LogP contribution in [0.3, 0.4) is 0 Å². The molecule has 0 aliphatic rings. The molecule has 178 valence electrons. The molecule has 0 aliphatic heterocycles. The van der Waals surface area contributed by atoms with E-state index in [2.05, 4.69) is 25.9 Å². The highest BCUT2D eigenvalue weighted by Gasteiger charge is 2.29. The molecule has 0 spiro atoms. The van der Waals surface area contributed by atoms with Gasteiger partial charge in [0.2, 0.25) is 17.7 Å². The van der Waals surface area contributed by atoms with Gasteiger partial charge in [0.15, 0.2) is 0 Å². The Hall–Kier alpha value is -3.93. The molecule has 0 saturated heterocycles. The van der Waals surface area contributed by atoms with Crippen LogP contribution in [-0.2, 0) is 32.0 Å². The summed E-state index contributed by atoms with van der Waals surface area (Å²) in [6.07, 6.45) is 2.90. The second kappa shape index (κ2) is 11.6. The standard InChI is InChI=1S/C21H28N6O6/c1-11(22)18(29)25-12(2)19(30)26-16(8-14-9-23-10-24-14)20(31)27-17(21(32)33)7-13-3-5-15(28)6-4-13/h3-6,9-12,16-17,28H,7-8,22H2,1-2H3,(H,23,24)(H,25,29)(H,26,30)(H,27,31)(H,32,33)/t11-,12-,16-,17-/m0/s1. The van der Waals surface area contributed by atoms with Crippen molar-refractivity contribution < 1.29 is 29.4 Å². The van der Waals surface area contributed by atoms with Crippen molar-refractivity contribution in [2.75, 3.05) is 0 Å². The smallest absolute Gasteiger partial charge is 0.326 e. The van der Waals surface area contributed by atoms with Crippen LogP contribution in [0.2, 0.25) is 0 Å². The van der Waals surface area contributed by atoms with E-state index < -0.39 is 47.9 Å². The molecule has 0 bridgehead atoms. The normalized spacial score (nSPS) is 14.4. The number of H-pyrrole nitrogens is 1. The number of carbonyl (C=O) groups is 4. The summed E-state index contributed by atoms with van der Waals surface area (Å²) < 4.78 is 0. The first-order chi connectivity index (χ1) is 15.6. The number of carboxylic acids is 1. The lowest BCUT2D eigenvalue weighted by Gasteiger charge is -2.23. The number of hydrogen-bond acceptors (Lipinski definition) is 7. The fraction of sp³-hybridized carbons (Fsp3) is 0.381. The Labute approximate surface area is 190 Å². The number of hydrogen-bond donors (Lipinski definition) is 7. The van der Waals surface area contributed by atoms with E-state index in [9.17, 15) is 29.4 Å². The van der Waals surface area contributed by atoms with Crippen molar-refractivity contribution in [3.8, 4) is 5.75 Å². The third-order valence-electron chi connectivity index (χ3n) is 4.76. The number of phenolic OH excluding ortho intramolecular Hbond substituents is 1. The van der Waals surface area contributed by atoms with Gasteiger partial charge in [-0.05, 0) is 31.5 Å². The van der Waals surface area contributed by atoms with E-state index in [1.807, 2.05) is 0 Å². The maximum absolute atomic E-state index is 12.9. The number of nitrogens with zero attached hydrogens (tertiary/aromatic N) is 1. The molecule has 12 heteroatoms. The number of aromatic nitrogens is 2. The number of phenols is 1. The minimum absolute atomic E-state index is 0.0133. The molecule has 0 fully saturated rings. The summed E-state index contributed by atoms with van der Waals surface area (Å²) in [5.74, 6) is -3.15. The van der Waals surface area contributed by atoms with Crippen molar-refractivity contribution in [3.63, 3.8) is 0 Å². The van der Waals surface area contributed by atoms with Gasteiger partial charge < -0.3 is 36.9 Å². The first-order valence-electron chi connectivity index (χ1n) is 10.2. The minimum atomic E-state index is -1.28. The average molecular weight is 460 g/mol. The first kappa shape index (κ1) is 25.3.